The SMILES string of the molecule is CN(Cc1cccc2ccccc12)C1(CO)CCOCC1. The average molecular weight is 285 g/mol. The lowest BCUT2D eigenvalue weighted by Crippen LogP contribution is -2.52. The van der Waals surface area contributed by atoms with Crippen LogP contribution in [0.1, 0.15) is 18.4 Å². The van der Waals surface area contributed by atoms with E-state index in [9.17, 15) is 5.11 Å². The van der Waals surface area contributed by atoms with Gasteiger partial charge in [0.15, 0.2) is 0 Å². The summed E-state index contributed by atoms with van der Waals surface area (Å²) >= 11 is 0. The Balaban J connectivity index is 1.87. The molecule has 1 heterocycles. The molecule has 0 atom stereocenters. The number of likely N-dealkylation sites (N-methyl/N-ethyl adjacent to an activating group) is 1. The summed E-state index contributed by atoms with van der Waals surface area (Å²) in [7, 11) is 2.11. The largest absolute Gasteiger partial charge is 0.394 e. The Kier molecular flexibility index (Phi) is 4.24. The van der Waals surface area contributed by atoms with Gasteiger partial charge in [-0.25, -0.2) is 0 Å². The van der Waals surface area contributed by atoms with Crippen LogP contribution in [0, 0.1) is 0 Å². The van der Waals surface area contributed by atoms with Crippen LogP contribution in [-0.4, -0.2) is 42.4 Å². The minimum absolute atomic E-state index is 0.144. The Bertz CT molecular complexity index is 600. The molecule has 1 fully saturated rings. The number of hydrogen-bond donors (Lipinski definition) is 1. The summed E-state index contributed by atoms with van der Waals surface area (Å²) in [5, 5.41) is 12.5. The molecule has 1 aliphatic rings. The van der Waals surface area contributed by atoms with Crippen molar-refractivity contribution in [3.8, 4) is 0 Å². The van der Waals surface area contributed by atoms with Crippen LogP contribution in [0.2, 0.25) is 0 Å². The fraction of sp³-hybridized carbons (Fsp3) is 0.444. The number of hydrogen-bond acceptors (Lipinski definition) is 3. The van der Waals surface area contributed by atoms with Gasteiger partial charge in [-0.2, -0.15) is 0 Å². The molecule has 112 valence electrons. The van der Waals surface area contributed by atoms with Gasteiger partial charge in [0.25, 0.3) is 0 Å². The smallest absolute Gasteiger partial charge is 0.0617 e. The lowest BCUT2D eigenvalue weighted by molar-refractivity contribution is -0.0492. The molecular weight excluding hydrogens is 262 g/mol. The van der Waals surface area contributed by atoms with E-state index in [0.717, 1.165) is 32.6 Å². The number of benzene rings is 2. The Morgan fingerprint density at radius 2 is 1.81 bits per heavy atom. The summed E-state index contributed by atoms with van der Waals surface area (Å²) in [6.45, 7) is 2.51. The van der Waals surface area contributed by atoms with E-state index in [-0.39, 0.29) is 12.1 Å². The molecule has 3 heteroatoms. The van der Waals surface area contributed by atoms with Gasteiger partial charge in [-0.1, -0.05) is 42.5 Å². The minimum Gasteiger partial charge on any atom is -0.394 e. The summed E-state index contributed by atoms with van der Waals surface area (Å²) in [5.74, 6) is 0. The maximum atomic E-state index is 9.91. The van der Waals surface area contributed by atoms with Gasteiger partial charge in [0, 0.05) is 25.3 Å². The fourth-order valence-corrected chi connectivity index (χ4v) is 3.27. The second kappa shape index (κ2) is 6.14. The van der Waals surface area contributed by atoms with Gasteiger partial charge in [0.05, 0.1) is 6.61 Å². The summed E-state index contributed by atoms with van der Waals surface area (Å²) < 4.78 is 5.46. The van der Waals surface area contributed by atoms with E-state index < -0.39 is 0 Å². The zero-order chi connectivity index (χ0) is 14.7. The molecule has 3 nitrogen and oxygen atoms in total. The van der Waals surface area contributed by atoms with Crippen molar-refractivity contribution in [3.63, 3.8) is 0 Å². The van der Waals surface area contributed by atoms with Crippen molar-refractivity contribution < 1.29 is 9.84 Å². The van der Waals surface area contributed by atoms with Crippen molar-refractivity contribution in [3.05, 3.63) is 48.0 Å². The van der Waals surface area contributed by atoms with Crippen LogP contribution in [0.4, 0.5) is 0 Å². The van der Waals surface area contributed by atoms with Gasteiger partial charge in [-0.15, -0.1) is 0 Å². The normalized spacial score (nSPS) is 18.2. The molecular formula is C18H23NO2. The summed E-state index contributed by atoms with van der Waals surface area (Å²) in [4.78, 5) is 2.30. The van der Waals surface area contributed by atoms with E-state index in [2.05, 4.69) is 54.4 Å². The maximum absolute atomic E-state index is 9.91. The first-order valence-corrected chi connectivity index (χ1v) is 7.62. The maximum Gasteiger partial charge on any atom is 0.0617 e. The summed E-state index contributed by atoms with van der Waals surface area (Å²) in [5.41, 5.74) is 1.17. The van der Waals surface area contributed by atoms with Crippen molar-refractivity contribution in [1.29, 1.82) is 0 Å². The third-order valence-corrected chi connectivity index (χ3v) is 4.82. The molecule has 1 aliphatic heterocycles. The van der Waals surface area contributed by atoms with E-state index >= 15 is 0 Å². The van der Waals surface area contributed by atoms with Gasteiger partial charge < -0.3 is 9.84 Å². The highest BCUT2D eigenvalue weighted by atomic mass is 16.5. The standard InChI is InChI=1S/C18H23NO2/c1-19(18(14-20)9-11-21-12-10-18)13-16-7-4-6-15-5-2-3-8-17(15)16/h2-8,20H,9-14H2,1H3. The molecule has 3 rings (SSSR count). The second-order valence-electron chi connectivity index (χ2n) is 5.99. The zero-order valence-corrected chi connectivity index (χ0v) is 12.6. The van der Waals surface area contributed by atoms with E-state index in [1.807, 2.05) is 0 Å². The molecule has 0 aliphatic carbocycles. The van der Waals surface area contributed by atoms with E-state index in [0.29, 0.717) is 0 Å². The highest BCUT2D eigenvalue weighted by molar-refractivity contribution is 5.85. The summed E-state index contributed by atoms with van der Waals surface area (Å²) in [6, 6.07) is 14.9. The number of nitrogens with zero attached hydrogens (tertiary/aromatic N) is 1. The van der Waals surface area contributed by atoms with Crippen molar-refractivity contribution in [1.82, 2.24) is 4.90 Å². The van der Waals surface area contributed by atoms with Crippen molar-refractivity contribution >= 4 is 10.8 Å². The molecule has 0 aromatic heterocycles. The monoisotopic (exact) mass is 285 g/mol. The highest BCUT2D eigenvalue weighted by Gasteiger charge is 2.35. The molecule has 21 heavy (non-hydrogen) atoms. The Morgan fingerprint density at radius 3 is 2.57 bits per heavy atom. The number of rotatable bonds is 4. The molecule has 1 N–H and O–H groups in total. The Hall–Kier alpha value is -1.42. The third-order valence-electron chi connectivity index (χ3n) is 4.82. The van der Waals surface area contributed by atoms with Gasteiger partial charge in [-0.05, 0) is 36.2 Å². The van der Waals surface area contributed by atoms with E-state index in [1.54, 1.807) is 0 Å². The summed E-state index contributed by atoms with van der Waals surface area (Å²) in [6.07, 6.45) is 1.79. The first-order chi connectivity index (χ1) is 10.2. The van der Waals surface area contributed by atoms with Crippen LogP contribution in [0.25, 0.3) is 10.8 Å². The highest BCUT2D eigenvalue weighted by Crippen LogP contribution is 2.29. The fourth-order valence-electron chi connectivity index (χ4n) is 3.27. The zero-order valence-electron chi connectivity index (χ0n) is 12.6. The molecule has 2 aromatic rings. The van der Waals surface area contributed by atoms with Crippen LogP contribution < -0.4 is 0 Å². The second-order valence-corrected chi connectivity index (χ2v) is 5.99. The van der Waals surface area contributed by atoms with Crippen LogP contribution in [0.15, 0.2) is 42.5 Å². The molecule has 0 bridgehead atoms. The van der Waals surface area contributed by atoms with Crippen molar-refractivity contribution in [2.75, 3.05) is 26.9 Å². The predicted molar refractivity (Wildman–Crippen MR) is 85.3 cm³/mol. The number of ether oxygens (including phenoxy) is 1. The van der Waals surface area contributed by atoms with Crippen molar-refractivity contribution in [2.45, 2.75) is 24.9 Å². The third kappa shape index (κ3) is 2.82. The quantitative estimate of drug-likeness (QED) is 0.937. The van der Waals surface area contributed by atoms with Crippen molar-refractivity contribution in [2.24, 2.45) is 0 Å². The predicted octanol–water partition coefficient (Wildman–Crippen LogP) is 2.81. The van der Waals surface area contributed by atoms with Crippen LogP contribution in [-0.2, 0) is 11.3 Å². The van der Waals surface area contributed by atoms with Gasteiger partial charge in [0.1, 0.15) is 0 Å². The number of fused-ring (bicyclic) bond motifs is 1. The first kappa shape index (κ1) is 14.5. The van der Waals surface area contributed by atoms with Crippen LogP contribution in [0.5, 0.6) is 0 Å². The van der Waals surface area contributed by atoms with E-state index in [4.69, 9.17) is 4.74 Å². The molecule has 0 amide bonds. The molecule has 0 unspecified atom stereocenters. The van der Waals surface area contributed by atoms with Gasteiger partial charge >= 0.3 is 0 Å². The molecule has 1 saturated heterocycles. The van der Waals surface area contributed by atoms with E-state index in [1.165, 1.54) is 16.3 Å². The molecule has 0 saturated carbocycles. The minimum atomic E-state index is -0.144. The van der Waals surface area contributed by atoms with Gasteiger partial charge in [-0.3, -0.25) is 4.90 Å². The van der Waals surface area contributed by atoms with Crippen LogP contribution in [0.3, 0.4) is 0 Å². The Morgan fingerprint density at radius 1 is 1.10 bits per heavy atom. The lowest BCUT2D eigenvalue weighted by atomic mass is 9.88. The van der Waals surface area contributed by atoms with Gasteiger partial charge in [0.2, 0.25) is 0 Å². The Labute approximate surface area is 126 Å². The topological polar surface area (TPSA) is 32.7 Å². The number of aliphatic hydroxyl groups excluding tert-OH is 1. The first-order valence-electron chi connectivity index (χ1n) is 7.62. The lowest BCUT2D eigenvalue weighted by Gasteiger charge is -2.43. The molecule has 0 spiro atoms. The molecule has 0 radical (unpaired) electrons. The van der Waals surface area contributed by atoms with Crippen LogP contribution >= 0.6 is 0 Å². The average Bonchev–Trinajstić information content (AvgIpc) is 2.56. The number of aliphatic hydroxyl groups is 1. The molecule has 2 aromatic carbocycles.